The van der Waals surface area contributed by atoms with Crippen LogP contribution >= 0.6 is 23.1 Å². The van der Waals surface area contributed by atoms with Crippen molar-refractivity contribution < 1.29 is 4.79 Å². The van der Waals surface area contributed by atoms with E-state index in [1.807, 2.05) is 33.6 Å². The fourth-order valence-electron chi connectivity index (χ4n) is 4.99. The Balaban J connectivity index is 1.27. The molecule has 0 saturated heterocycles. The average molecular weight is 464 g/mol. The van der Waals surface area contributed by atoms with Crippen molar-refractivity contribution in [3.05, 3.63) is 51.7 Å². The molecular weight excluding hydrogens is 438 g/mol. The molecule has 0 radical (unpaired) electrons. The molecule has 0 saturated carbocycles. The number of benzene rings is 1. The fourth-order valence-corrected chi connectivity index (χ4v) is 7.29. The maximum Gasteiger partial charge on any atom is 0.233 e. The molecule has 32 heavy (non-hydrogen) atoms. The Morgan fingerprint density at radius 2 is 2.06 bits per heavy atom. The van der Waals surface area contributed by atoms with Gasteiger partial charge in [-0.15, -0.1) is 21.5 Å². The second-order valence-electron chi connectivity index (χ2n) is 8.96. The zero-order valence-electron chi connectivity index (χ0n) is 18.3. The van der Waals surface area contributed by atoms with E-state index in [-0.39, 0.29) is 5.91 Å². The van der Waals surface area contributed by atoms with Crippen molar-refractivity contribution in [1.82, 2.24) is 24.5 Å². The van der Waals surface area contributed by atoms with Crippen molar-refractivity contribution in [3.8, 4) is 0 Å². The summed E-state index contributed by atoms with van der Waals surface area (Å²) in [5, 5.41) is 11.0. The van der Waals surface area contributed by atoms with E-state index < -0.39 is 0 Å². The highest BCUT2D eigenvalue weighted by Gasteiger charge is 2.26. The number of amides is 1. The van der Waals surface area contributed by atoms with Crippen LogP contribution in [0, 0.1) is 12.8 Å². The molecule has 1 amide bonds. The highest BCUT2D eigenvalue weighted by atomic mass is 32.2. The molecule has 1 aliphatic heterocycles. The Bertz CT molecular complexity index is 1360. The van der Waals surface area contributed by atoms with Crippen molar-refractivity contribution in [2.75, 3.05) is 12.3 Å². The predicted octanol–water partition coefficient (Wildman–Crippen LogP) is 4.45. The lowest BCUT2D eigenvalue weighted by Crippen LogP contribution is -2.37. The lowest BCUT2D eigenvalue weighted by Gasteiger charge is -2.28. The topological polar surface area (TPSA) is 63.4 Å². The first-order valence-corrected chi connectivity index (χ1v) is 13.0. The van der Waals surface area contributed by atoms with Crippen LogP contribution in [0.2, 0.25) is 0 Å². The van der Waals surface area contributed by atoms with Gasteiger partial charge in [0, 0.05) is 18.0 Å². The fraction of sp³-hybridized carbons (Fsp3) is 0.417. The second-order valence-corrected chi connectivity index (χ2v) is 11.0. The summed E-state index contributed by atoms with van der Waals surface area (Å²) in [4.78, 5) is 22.3. The summed E-state index contributed by atoms with van der Waals surface area (Å²) in [6, 6.07) is 8.40. The minimum Gasteiger partial charge on any atom is -0.337 e. The van der Waals surface area contributed by atoms with Gasteiger partial charge in [0.2, 0.25) is 5.91 Å². The van der Waals surface area contributed by atoms with Crippen LogP contribution in [-0.4, -0.2) is 42.7 Å². The molecule has 1 aliphatic carbocycles. The summed E-state index contributed by atoms with van der Waals surface area (Å²) in [5.41, 5.74) is 4.91. The van der Waals surface area contributed by atoms with Crippen LogP contribution < -0.4 is 0 Å². The normalized spacial score (nSPS) is 18.2. The van der Waals surface area contributed by atoms with Crippen LogP contribution in [0.1, 0.15) is 40.7 Å². The minimum atomic E-state index is 0.148. The Hall–Kier alpha value is -2.45. The number of thioether (sulfide) groups is 1. The van der Waals surface area contributed by atoms with Crippen LogP contribution in [0.3, 0.4) is 0 Å². The SMILES string of the molecule is Cc1nc2sc3c(c2c2nnc(SCC(=O)N4CCc5ccccc5C4)n12)CC[C@@H](C)C3. The molecule has 6 rings (SSSR count). The van der Waals surface area contributed by atoms with Crippen molar-refractivity contribution in [1.29, 1.82) is 0 Å². The lowest BCUT2D eigenvalue weighted by atomic mass is 9.89. The van der Waals surface area contributed by atoms with Gasteiger partial charge in [0.1, 0.15) is 10.7 Å². The van der Waals surface area contributed by atoms with E-state index in [1.54, 1.807) is 0 Å². The molecule has 8 heteroatoms. The van der Waals surface area contributed by atoms with Crippen LogP contribution in [0.5, 0.6) is 0 Å². The van der Waals surface area contributed by atoms with E-state index in [1.165, 1.54) is 45.1 Å². The molecule has 0 N–H and O–H groups in total. The Morgan fingerprint density at radius 3 is 2.94 bits per heavy atom. The van der Waals surface area contributed by atoms with E-state index in [9.17, 15) is 4.79 Å². The van der Waals surface area contributed by atoms with Gasteiger partial charge in [0.05, 0.1) is 11.1 Å². The van der Waals surface area contributed by atoms with Crippen LogP contribution in [0.25, 0.3) is 15.9 Å². The number of hydrogen-bond acceptors (Lipinski definition) is 6. The second kappa shape index (κ2) is 7.85. The van der Waals surface area contributed by atoms with E-state index >= 15 is 0 Å². The first kappa shape index (κ1) is 20.2. The highest BCUT2D eigenvalue weighted by Crippen LogP contribution is 2.39. The predicted molar refractivity (Wildman–Crippen MR) is 128 cm³/mol. The number of carbonyl (C=O) groups excluding carboxylic acids is 1. The van der Waals surface area contributed by atoms with Crippen LogP contribution in [-0.2, 0) is 30.6 Å². The maximum absolute atomic E-state index is 13.0. The molecule has 0 spiro atoms. The number of aryl methyl sites for hydroxylation is 2. The molecule has 1 aromatic carbocycles. The Kier molecular flexibility index (Phi) is 4.95. The Labute approximate surface area is 195 Å². The van der Waals surface area contributed by atoms with E-state index in [2.05, 4.69) is 35.3 Å². The summed E-state index contributed by atoms with van der Waals surface area (Å²) in [7, 11) is 0. The number of fused-ring (bicyclic) bond motifs is 6. The maximum atomic E-state index is 13.0. The van der Waals surface area contributed by atoms with Gasteiger partial charge in [-0.05, 0) is 55.2 Å². The summed E-state index contributed by atoms with van der Waals surface area (Å²) < 4.78 is 2.04. The average Bonchev–Trinajstić information content (AvgIpc) is 3.38. The number of carbonyl (C=O) groups is 1. The zero-order chi connectivity index (χ0) is 21.8. The summed E-state index contributed by atoms with van der Waals surface area (Å²) >= 11 is 3.28. The van der Waals surface area contributed by atoms with Crippen molar-refractivity contribution in [3.63, 3.8) is 0 Å². The molecule has 0 fully saturated rings. The molecule has 0 bridgehead atoms. The van der Waals surface area contributed by atoms with E-state index in [4.69, 9.17) is 4.98 Å². The van der Waals surface area contributed by atoms with Gasteiger partial charge >= 0.3 is 0 Å². The molecule has 4 heterocycles. The molecule has 4 aromatic rings. The van der Waals surface area contributed by atoms with Crippen LogP contribution in [0.4, 0.5) is 0 Å². The highest BCUT2D eigenvalue weighted by molar-refractivity contribution is 7.99. The smallest absolute Gasteiger partial charge is 0.233 e. The van der Waals surface area contributed by atoms with Crippen molar-refractivity contribution >= 4 is 44.9 Å². The van der Waals surface area contributed by atoms with Gasteiger partial charge in [0.15, 0.2) is 10.8 Å². The number of aromatic nitrogens is 4. The summed E-state index contributed by atoms with van der Waals surface area (Å²) in [6.45, 7) is 5.80. The quantitative estimate of drug-likeness (QED) is 0.420. The molecule has 1 atom stereocenters. The first-order chi connectivity index (χ1) is 15.6. The van der Waals surface area contributed by atoms with Gasteiger partial charge in [-0.3, -0.25) is 9.20 Å². The van der Waals surface area contributed by atoms with E-state index in [0.29, 0.717) is 12.3 Å². The van der Waals surface area contributed by atoms with Gasteiger partial charge in [-0.25, -0.2) is 4.98 Å². The summed E-state index contributed by atoms with van der Waals surface area (Å²) in [6.07, 6.45) is 4.34. The van der Waals surface area contributed by atoms with E-state index in [0.717, 1.165) is 53.2 Å². The third-order valence-corrected chi connectivity index (χ3v) is 8.81. The number of thiophene rings is 1. The van der Waals surface area contributed by atoms with Gasteiger partial charge in [-0.1, -0.05) is 43.0 Å². The molecule has 6 nitrogen and oxygen atoms in total. The molecule has 164 valence electrons. The molecular formula is C24H25N5OS2. The summed E-state index contributed by atoms with van der Waals surface area (Å²) in [5.74, 6) is 2.12. The molecule has 2 aliphatic rings. The third-order valence-electron chi connectivity index (χ3n) is 6.75. The standard InChI is InChI=1S/C24H25N5OS2/c1-14-7-8-18-19(11-14)32-23-21(18)22-26-27-24(29(22)15(2)25-23)31-13-20(30)28-10-9-16-5-3-4-6-17(16)12-28/h3-6,14H,7-13H2,1-2H3/t14-/m1/s1. The number of hydrogen-bond donors (Lipinski definition) is 0. The lowest BCUT2D eigenvalue weighted by molar-refractivity contribution is -0.129. The van der Waals surface area contributed by atoms with Gasteiger partial charge in [-0.2, -0.15) is 0 Å². The Morgan fingerprint density at radius 1 is 1.22 bits per heavy atom. The number of rotatable bonds is 3. The van der Waals surface area contributed by atoms with Crippen molar-refractivity contribution in [2.24, 2.45) is 5.92 Å². The molecule has 3 aromatic heterocycles. The first-order valence-electron chi connectivity index (χ1n) is 11.2. The zero-order valence-corrected chi connectivity index (χ0v) is 19.9. The van der Waals surface area contributed by atoms with Crippen molar-refractivity contribution in [2.45, 2.75) is 51.2 Å². The van der Waals surface area contributed by atoms with Gasteiger partial charge < -0.3 is 4.90 Å². The monoisotopic (exact) mass is 463 g/mol. The van der Waals surface area contributed by atoms with Gasteiger partial charge in [0.25, 0.3) is 0 Å². The third kappa shape index (κ3) is 3.31. The largest absolute Gasteiger partial charge is 0.337 e. The molecule has 0 unspecified atom stereocenters. The minimum absolute atomic E-state index is 0.148. The number of nitrogens with zero attached hydrogens (tertiary/aromatic N) is 5. The van der Waals surface area contributed by atoms with Crippen LogP contribution in [0.15, 0.2) is 29.4 Å².